The van der Waals surface area contributed by atoms with E-state index in [1.165, 1.54) is 77.0 Å². The van der Waals surface area contributed by atoms with Gasteiger partial charge in [-0.2, -0.15) is 0 Å². The largest absolute Gasteiger partial charge is 0.472 e. The summed E-state index contributed by atoms with van der Waals surface area (Å²) < 4.78 is 34.9. The first-order valence-corrected chi connectivity index (χ1v) is 19.2. The Morgan fingerprint density at radius 1 is 0.636 bits per heavy atom. The van der Waals surface area contributed by atoms with E-state index in [-0.39, 0.29) is 19.0 Å². The molecule has 0 aromatic heterocycles. The summed E-state index contributed by atoms with van der Waals surface area (Å²) in [6, 6.07) is 0. The summed E-state index contributed by atoms with van der Waals surface area (Å²) in [4.78, 5) is 35.3. The molecule has 0 aliphatic carbocycles. The summed E-state index contributed by atoms with van der Waals surface area (Å²) in [7, 11) is 1.50. The number of hydrogen-bond donors (Lipinski definition) is 1. The zero-order chi connectivity index (χ0) is 33.1. The fraction of sp³-hybridized carbons (Fsp3) is 0.941. The van der Waals surface area contributed by atoms with Crippen LogP contribution in [0, 0.1) is 0 Å². The van der Waals surface area contributed by atoms with Gasteiger partial charge in [-0.1, -0.05) is 124 Å². The highest BCUT2D eigenvalue weighted by atomic mass is 31.2. The van der Waals surface area contributed by atoms with Crippen molar-refractivity contribution in [2.24, 2.45) is 0 Å². The van der Waals surface area contributed by atoms with E-state index in [1.807, 2.05) is 28.1 Å². The number of carbonyl (C=O) groups is 2. The van der Waals surface area contributed by atoms with Crippen LogP contribution in [-0.2, 0) is 32.7 Å². The number of carbonyl (C=O) groups excluding carboxylic acids is 2. The van der Waals surface area contributed by atoms with Crippen molar-refractivity contribution >= 4 is 19.8 Å². The number of esters is 2. The molecule has 0 saturated carbocycles. The van der Waals surface area contributed by atoms with E-state index in [1.54, 1.807) is 0 Å². The summed E-state index contributed by atoms with van der Waals surface area (Å²) >= 11 is 0. The van der Waals surface area contributed by atoms with Gasteiger partial charge < -0.3 is 18.9 Å². The summed E-state index contributed by atoms with van der Waals surface area (Å²) in [5, 5.41) is 0. The van der Waals surface area contributed by atoms with E-state index in [9.17, 15) is 19.0 Å². The number of rotatable bonds is 31. The Labute approximate surface area is 270 Å². The smallest absolute Gasteiger partial charge is 0.462 e. The molecule has 0 radical (unpaired) electrons. The lowest BCUT2D eigenvalue weighted by molar-refractivity contribution is -0.873. The molecule has 0 aliphatic heterocycles. The number of quaternary nitrogens is 1. The van der Waals surface area contributed by atoms with Crippen molar-refractivity contribution in [2.75, 3.05) is 40.9 Å². The molecule has 0 rings (SSSR count). The second-order valence-corrected chi connectivity index (χ2v) is 14.7. The third kappa shape index (κ3) is 28.5. The van der Waals surface area contributed by atoms with Crippen LogP contribution in [0.25, 0.3) is 0 Å². The Morgan fingerprint density at radius 3 is 1.50 bits per heavy atom. The van der Waals surface area contributed by atoms with E-state index in [0.717, 1.165) is 32.1 Å². The van der Waals surface area contributed by atoms with Gasteiger partial charge in [-0.3, -0.25) is 18.6 Å². The van der Waals surface area contributed by atoms with E-state index in [0.29, 0.717) is 30.3 Å². The molecule has 3 atom stereocenters. The predicted octanol–water partition coefficient (Wildman–Crippen LogP) is 8.90. The van der Waals surface area contributed by atoms with Crippen LogP contribution < -0.4 is 0 Å². The SMILES string of the molecule is CCCCCCCCCCCC(=O)OC[C@H](COP(=O)(O)OC(CC)C[N+](C)(C)C)OC(=O)CCCCCCCCCCC. The molecule has 2 unspecified atom stereocenters. The highest BCUT2D eigenvalue weighted by Crippen LogP contribution is 2.45. The third-order valence-electron chi connectivity index (χ3n) is 7.61. The second-order valence-electron chi connectivity index (χ2n) is 13.3. The Balaban J connectivity index is 4.71. The van der Waals surface area contributed by atoms with Crippen LogP contribution in [0.15, 0.2) is 0 Å². The van der Waals surface area contributed by atoms with Crippen LogP contribution in [0.5, 0.6) is 0 Å². The molecule has 44 heavy (non-hydrogen) atoms. The summed E-state index contributed by atoms with van der Waals surface area (Å²) in [6.45, 7) is 6.21. The van der Waals surface area contributed by atoms with Gasteiger partial charge in [0.1, 0.15) is 19.3 Å². The molecule has 0 aliphatic rings. The van der Waals surface area contributed by atoms with Gasteiger partial charge in [0, 0.05) is 12.8 Å². The van der Waals surface area contributed by atoms with E-state index in [2.05, 4.69) is 13.8 Å². The quantitative estimate of drug-likeness (QED) is 0.0343. The maximum atomic E-state index is 12.7. The number of likely N-dealkylation sites (N-methyl/N-ethyl adjacent to an activating group) is 1. The van der Waals surface area contributed by atoms with Crippen molar-refractivity contribution in [1.29, 1.82) is 0 Å². The topological polar surface area (TPSA) is 108 Å². The van der Waals surface area contributed by atoms with Gasteiger partial charge in [-0.05, 0) is 19.3 Å². The van der Waals surface area contributed by atoms with E-state index in [4.69, 9.17) is 18.5 Å². The monoisotopic (exact) mass is 650 g/mol. The highest BCUT2D eigenvalue weighted by molar-refractivity contribution is 7.47. The van der Waals surface area contributed by atoms with Crippen LogP contribution >= 0.6 is 7.82 Å². The molecule has 0 aromatic rings. The third-order valence-corrected chi connectivity index (χ3v) is 8.65. The Kier molecular flexibility index (Phi) is 26.5. The minimum absolute atomic E-state index is 0.226. The van der Waals surface area contributed by atoms with Crippen LogP contribution in [0.1, 0.15) is 156 Å². The fourth-order valence-corrected chi connectivity index (χ4v) is 6.03. The predicted molar refractivity (Wildman–Crippen MR) is 178 cm³/mol. The molecule has 0 spiro atoms. The van der Waals surface area contributed by atoms with Gasteiger partial charge in [0.05, 0.1) is 27.7 Å². The summed E-state index contributed by atoms with van der Waals surface area (Å²) in [6.07, 6.45) is 20.2. The zero-order valence-electron chi connectivity index (χ0n) is 29.3. The minimum Gasteiger partial charge on any atom is -0.462 e. The minimum atomic E-state index is -4.42. The molecule has 0 heterocycles. The van der Waals surface area contributed by atoms with Gasteiger partial charge >= 0.3 is 19.8 Å². The van der Waals surface area contributed by atoms with E-state index < -0.39 is 32.6 Å². The van der Waals surface area contributed by atoms with Crippen molar-refractivity contribution in [1.82, 2.24) is 0 Å². The molecule has 10 heteroatoms. The summed E-state index contributed by atoms with van der Waals surface area (Å²) in [5.41, 5.74) is 0. The first-order chi connectivity index (χ1) is 20.9. The zero-order valence-corrected chi connectivity index (χ0v) is 30.2. The van der Waals surface area contributed by atoms with Gasteiger partial charge in [0.15, 0.2) is 6.10 Å². The van der Waals surface area contributed by atoms with Crippen molar-refractivity contribution in [3.05, 3.63) is 0 Å². The molecule has 0 amide bonds. The first kappa shape index (κ1) is 43.0. The molecule has 0 bridgehead atoms. The van der Waals surface area contributed by atoms with Gasteiger partial charge in [0.25, 0.3) is 0 Å². The fourth-order valence-electron chi connectivity index (χ4n) is 5.02. The summed E-state index contributed by atoms with van der Waals surface area (Å²) in [5.74, 6) is -0.799. The number of nitrogens with zero attached hydrogens (tertiary/aromatic N) is 1. The van der Waals surface area contributed by atoms with Gasteiger partial charge in [-0.25, -0.2) is 4.57 Å². The molecule has 262 valence electrons. The lowest BCUT2D eigenvalue weighted by Gasteiger charge is -2.29. The van der Waals surface area contributed by atoms with Crippen molar-refractivity contribution in [2.45, 2.75) is 168 Å². The normalized spacial score (nSPS) is 14.6. The lowest BCUT2D eigenvalue weighted by Crippen LogP contribution is -2.42. The van der Waals surface area contributed by atoms with Gasteiger partial charge in [0.2, 0.25) is 0 Å². The molecule has 9 nitrogen and oxygen atoms in total. The van der Waals surface area contributed by atoms with Crippen LogP contribution in [-0.4, -0.2) is 74.4 Å². The number of hydrogen-bond acceptors (Lipinski definition) is 7. The Morgan fingerprint density at radius 2 is 1.07 bits per heavy atom. The maximum absolute atomic E-state index is 12.7. The van der Waals surface area contributed by atoms with Crippen molar-refractivity contribution in [3.8, 4) is 0 Å². The van der Waals surface area contributed by atoms with Crippen molar-refractivity contribution in [3.63, 3.8) is 0 Å². The molecule has 0 fully saturated rings. The number of phosphoric ester groups is 1. The highest BCUT2D eigenvalue weighted by Gasteiger charge is 2.31. The van der Waals surface area contributed by atoms with E-state index >= 15 is 0 Å². The average Bonchev–Trinajstić information content (AvgIpc) is 2.95. The Bertz CT molecular complexity index is 758. The molecule has 0 saturated heterocycles. The van der Waals surface area contributed by atoms with Crippen LogP contribution in [0.2, 0.25) is 0 Å². The standard InChI is InChI=1S/C34H68NO8P/c1-7-10-12-14-16-18-20-22-24-26-33(36)40-29-32(30-41-44(38,39)43-31(9-3)28-35(4,5)6)42-34(37)27-25-23-21-19-17-15-13-11-8-2/h31-32H,7-30H2,1-6H3/p+1/t31?,32-/m1/s1. The lowest BCUT2D eigenvalue weighted by atomic mass is 10.1. The van der Waals surface area contributed by atoms with Crippen LogP contribution in [0.4, 0.5) is 0 Å². The average molecular weight is 651 g/mol. The van der Waals surface area contributed by atoms with Crippen molar-refractivity contribution < 1.29 is 42.1 Å². The van der Waals surface area contributed by atoms with Crippen LogP contribution in [0.3, 0.4) is 0 Å². The maximum Gasteiger partial charge on any atom is 0.472 e. The number of ether oxygens (including phenoxy) is 2. The molecule has 0 aromatic carbocycles. The molecular weight excluding hydrogens is 581 g/mol. The molecular formula is C34H69NO8P+. The second kappa shape index (κ2) is 27.2. The van der Waals surface area contributed by atoms with Gasteiger partial charge in [-0.15, -0.1) is 0 Å². The molecule has 1 N–H and O–H groups in total. The Hall–Kier alpha value is -0.990. The first-order valence-electron chi connectivity index (χ1n) is 17.7. The number of phosphoric acid groups is 1. The number of unbranched alkanes of at least 4 members (excludes halogenated alkanes) is 16.